The normalized spacial score (nSPS) is 11.9. The summed E-state index contributed by atoms with van der Waals surface area (Å²) >= 11 is 0. The van der Waals surface area contributed by atoms with Gasteiger partial charge < -0.3 is 0 Å². The highest BCUT2D eigenvalue weighted by Gasteiger charge is 2.24. The maximum atomic E-state index is 14.5. The molecular formula is C53H32N4O. The van der Waals surface area contributed by atoms with Gasteiger partial charge in [-0.05, 0) is 74.5 Å². The summed E-state index contributed by atoms with van der Waals surface area (Å²) in [5.41, 5.74) is 8.55. The minimum Gasteiger partial charge on any atom is -0.277 e. The van der Waals surface area contributed by atoms with Crippen LogP contribution >= 0.6 is 0 Å². The fourth-order valence-corrected chi connectivity index (χ4v) is 9.13. The minimum atomic E-state index is -0.0585. The molecule has 0 aliphatic rings. The number of fused-ring (bicyclic) bond motifs is 12. The average molecular weight is 741 g/mol. The minimum absolute atomic E-state index is 0.0585. The molecule has 58 heavy (non-hydrogen) atoms. The third-order valence-electron chi connectivity index (χ3n) is 11.7. The van der Waals surface area contributed by atoms with E-state index in [1.807, 2.05) is 59.2 Å². The molecule has 12 rings (SSSR count). The van der Waals surface area contributed by atoms with Crippen LogP contribution in [0.25, 0.3) is 110 Å². The summed E-state index contributed by atoms with van der Waals surface area (Å²) in [6.45, 7) is 0. The smallest absolute Gasteiger partial charge is 0.263 e. The summed E-state index contributed by atoms with van der Waals surface area (Å²) in [6.07, 6.45) is 0. The van der Waals surface area contributed by atoms with E-state index in [-0.39, 0.29) is 5.56 Å². The second-order valence-electron chi connectivity index (χ2n) is 14.9. The van der Waals surface area contributed by atoms with Gasteiger partial charge in [0.05, 0.1) is 27.8 Å². The van der Waals surface area contributed by atoms with Crippen molar-refractivity contribution in [3.05, 3.63) is 204 Å². The lowest BCUT2D eigenvalue weighted by molar-refractivity contribution is 1.02. The van der Waals surface area contributed by atoms with Gasteiger partial charge in [-0.3, -0.25) is 13.9 Å². The molecule has 3 aromatic heterocycles. The molecule has 0 saturated heterocycles. The van der Waals surface area contributed by atoms with Crippen LogP contribution in [-0.4, -0.2) is 19.1 Å². The first-order valence-electron chi connectivity index (χ1n) is 19.5. The van der Waals surface area contributed by atoms with E-state index in [9.17, 15) is 4.79 Å². The standard InChI is InChI=1S/C53H32N4O/c58-52-42-22-12-11-21-41(42)49-46(56(52)38-17-5-2-6-18-38)32-29-43-47-39-19-9-7-16-36(39)28-31-45(47)57(51(43)49)53-54-44-30-27-35-15-8-10-20-40(35)48(44)50(55-53)37-25-23-34(24-26-37)33-13-3-1-4-14-33/h1-32H. The van der Waals surface area contributed by atoms with E-state index in [4.69, 9.17) is 9.97 Å². The predicted octanol–water partition coefficient (Wildman–Crippen LogP) is 12.8. The Kier molecular flexibility index (Phi) is 7.01. The van der Waals surface area contributed by atoms with Gasteiger partial charge in [0.15, 0.2) is 0 Å². The number of pyridine rings is 1. The van der Waals surface area contributed by atoms with Crippen molar-refractivity contribution in [2.45, 2.75) is 0 Å². The summed E-state index contributed by atoms with van der Waals surface area (Å²) in [5, 5.41) is 10.2. The van der Waals surface area contributed by atoms with Gasteiger partial charge in [-0.25, -0.2) is 9.97 Å². The largest absolute Gasteiger partial charge is 0.277 e. The molecule has 12 aromatic rings. The molecule has 5 nitrogen and oxygen atoms in total. The van der Waals surface area contributed by atoms with Crippen LogP contribution in [0.1, 0.15) is 0 Å². The van der Waals surface area contributed by atoms with Gasteiger partial charge in [0.2, 0.25) is 5.95 Å². The fourth-order valence-electron chi connectivity index (χ4n) is 9.13. The van der Waals surface area contributed by atoms with E-state index in [0.717, 1.165) is 93.1 Å². The second kappa shape index (κ2) is 12.6. The third-order valence-corrected chi connectivity index (χ3v) is 11.7. The quantitative estimate of drug-likeness (QED) is 0.169. The molecule has 0 atom stereocenters. The zero-order chi connectivity index (χ0) is 38.3. The Morgan fingerprint density at radius 3 is 1.66 bits per heavy atom. The Morgan fingerprint density at radius 1 is 0.362 bits per heavy atom. The number of aromatic nitrogens is 4. The molecule has 0 saturated carbocycles. The molecule has 0 amide bonds. The Morgan fingerprint density at radius 2 is 0.914 bits per heavy atom. The maximum Gasteiger partial charge on any atom is 0.263 e. The van der Waals surface area contributed by atoms with Gasteiger partial charge >= 0.3 is 0 Å². The molecular weight excluding hydrogens is 709 g/mol. The molecule has 270 valence electrons. The number of nitrogens with zero attached hydrogens (tertiary/aromatic N) is 4. The van der Waals surface area contributed by atoms with Crippen molar-refractivity contribution in [2.75, 3.05) is 0 Å². The molecule has 0 unspecified atom stereocenters. The molecule has 0 aliphatic carbocycles. The Hall–Kier alpha value is -7.89. The van der Waals surface area contributed by atoms with Crippen LogP contribution in [0.5, 0.6) is 0 Å². The van der Waals surface area contributed by atoms with Gasteiger partial charge in [0, 0.05) is 38.2 Å². The molecule has 0 aliphatic heterocycles. The van der Waals surface area contributed by atoms with Crippen LogP contribution in [0, 0.1) is 0 Å². The molecule has 0 spiro atoms. The highest BCUT2D eigenvalue weighted by molar-refractivity contribution is 6.29. The van der Waals surface area contributed by atoms with E-state index < -0.39 is 0 Å². The Labute approximate surface area is 332 Å². The first-order chi connectivity index (χ1) is 28.7. The molecule has 3 heterocycles. The summed E-state index contributed by atoms with van der Waals surface area (Å²) < 4.78 is 4.09. The van der Waals surface area contributed by atoms with Crippen LogP contribution in [-0.2, 0) is 0 Å². The molecule has 0 fully saturated rings. The number of para-hydroxylation sites is 1. The summed E-state index contributed by atoms with van der Waals surface area (Å²) in [5.74, 6) is 0.564. The van der Waals surface area contributed by atoms with Crippen molar-refractivity contribution < 1.29 is 0 Å². The number of benzene rings is 9. The van der Waals surface area contributed by atoms with Gasteiger partial charge in [-0.15, -0.1) is 0 Å². The average Bonchev–Trinajstić information content (AvgIpc) is 3.64. The first kappa shape index (κ1) is 32.4. The SMILES string of the molecule is O=c1c2ccccc2c2c(ccc3c4c5ccccc5ccc4n(-c4nc(-c5ccc(-c6ccccc6)cc5)c5c(ccc6ccccc65)n4)c32)n1-c1ccccc1. The molecule has 9 aromatic carbocycles. The Balaban J connectivity index is 1.26. The highest BCUT2D eigenvalue weighted by Crippen LogP contribution is 2.43. The molecule has 5 heteroatoms. The predicted molar refractivity (Wildman–Crippen MR) is 240 cm³/mol. The van der Waals surface area contributed by atoms with Gasteiger partial charge in [0.1, 0.15) is 0 Å². The lowest BCUT2D eigenvalue weighted by Gasteiger charge is -2.17. The summed E-state index contributed by atoms with van der Waals surface area (Å²) in [4.78, 5) is 25.6. The van der Waals surface area contributed by atoms with Crippen molar-refractivity contribution in [1.82, 2.24) is 19.1 Å². The van der Waals surface area contributed by atoms with Crippen molar-refractivity contribution in [3.63, 3.8) is 0 Å². The molecule has 0 bridgehead atoms. The Bertz CT molecular complexity index is 3680. The number of hydrogen-bond acceptors (Lipinski definition) is 3. The van der Waals surface area contributed by atoms with E-state index in [2.05, 4.69) is 144 Å². The van der Waals surface area contributed by atoms with Gasteiger partial charge in [0.25, 0.3) is 5.56 Å². The van der Waals surface area contributed by atoms with Crippen LogP contribution in [0.2, 0.25) is 0 Å². The zero-order valence-electron chi connectivity index (χ0n) is 31.2. The number of rotatable bonds is 4. The molecule has 0 radical (unpaired) electrons. The van der Waals surface area contributed by atoms with Crippen molar-refractivity contribution in [1.29, 1.82) is 0 Å². The summed E-state index contributed by atoms with van der Waals surface area (Å²) in [7, 11) is 0. The zero-order valence-corrected chi connectivity index (χ0v) is 31.2. The van der Waals surface area contributed by atoms with Crippen LogP contribution in [0.3, 0.4) is 0 Å². The summed E-state index contributed by atoms with van der Waals surface area (Å²) in [6, 6.07) is 67.0. The topological polar surface area (TPSA) is 52.7 Å². The van der Waals surface area contributed by atoms with E-state index in [1.165, 1.54) is 5.56 Å². The lowest BCUT2D eigenvalue weighted by Crippen LogP contribution is -2.19. The molecule has 0 N–H and O–H groups in total. The second-order valence-corrected chi connectivity index (χ2v) is 14.9. The van der Waals surface area contributed by atoms with E-state index >= 15 is 0 Å². The lowest BCUT2D eigenvalue weighted by atomic mass is 9.98. The van der Waals surface area contributed by atoms with Crippen LogP contribution < -0.4 is 5.56 Å². The monoisotopic (exact) mass is 740 g/mol. The number of hydrogen-bond donors (Lipinski definition) is 0. The van der Waals surface area contributed by atoms with E-state index in [1.54, 1.807) is 0 Å². The highest BCUT2D eigenvalue weighted by atomic mass is 16.1. The van der Waals surface area contributed by atoms with Crippen molar-refractivity contribution in [3.8, 4) is 34.0 Å². The third kappa shape index (κ3) is 4.74. The fraction of sp³-hybridized carbons (Fsp3) is 0. The van der Waals surface area contributed by atoms with E-state index in [0.29, 0.717) is 11.3 Å². The van der Waals surface area contributed by atoms with Gasteiger partial charge in [-0.1, -0.05) is 158 Å². The van der Waals surface area contributed by atoms with Crippen molar-refractivity contribution in [2.24, 2.45) is 0 Å². The van der Waals surface area contributed by atoms with Crippen LogP contribution in [0.4, 0.5) is 0 Å². The maximum absolute atomic E-state index is 14.5. The van der Waals surface area contributed by atoms with Gasteiger partial charge in [-0.2, -0.15) is 0 Å². The first-order valence-corrected chi connectivity index (χ1v) is 19.5. The van der Waals surface area contributed by atoms with Crippen molar-refractivity contribution >= 4 is 75.9 Å². The van der Waals surface area contributed by atoms with Crippen LogP contribution in [0.15, 0.2) is 199 Å².